The molecule has 0 bridgehead atoms. The second-order valence-corrected chi connectivity index (χ2v) is 10.1. The Morgan fingerprint density at radius 3 is 2.06 bits per heavy atom. The molecule has 8 heteroatoms. The van der Waals surface area contributed by atoms with E-state index in [2.05, 4.69) is 0 Å². The number of carbonyl (C=O) groups is 2. The van der Waals surface area contributed by atoms with Crippen molar-refractivity contribution in [2.45, 2.75) is 11.3 Å². The lowest BCUT2D eigenvalue weighted by Gasteiger charge is -2.14. The molecular weight excluding hydrogens is 466 g/mol. The molecule has 0 radical (unpaired) electrons. The topological polar surface area (TPSA) is 113 Å². The van der Waals surface area contributed by atoms with Gasteiger partial charge in [-0.1, -0.05) is 42.5 Å². The van der Waals surface area contributed by atoms with Gasteiger partial charge in [0.05, 0.1) is 18.4 Å². The number of methoxy groups -OCH3 is 1. The fourth-order valence-corrected chi connectivity index (χ4v) is 4.41. The van der Waals surface area contributed by atoms with Crippen molar-refractivity contribution in [1.82, 2.24) is 0 Å². The number of primary amides is 1. The van der Waals surface area contributed by atoms with Gasteiger partial charge in [0.25, 0.3) is 0 Å². The van der Waals surface area contributed by atoms with Crippen LogP contribution >= 0.6 is 0 Å². The van der Waals surface area contributed by atoms with E-state index in [9.17, 15) is 18.0 Å². The van der Waals surface area contributed by atoms with Crippen molar-refractivity contribution in [3.05, 3.63) is 90.0 Å². The summed E-state index contributed by atoms with van der Waals surface area (Å²) in [4.78, 5) is 25.0. The number of carbonyl (C=O) groups excluding carboxylic acids is 2. The van der Waals surface area contributed by atoms with E-state index < -0.39 is 21.7 Å². The van der Waals surface area contributed by atoms with Crippen LogP contribution in [-0.4, -0.2) is 33.7 Å². The third-order valence-electron chi connectivity index (χ3n) is 5.53. The van der Waals surface area contributed by atoms with Gasteiger partial charge >= 0.3 is 5.97 Å². The van der Waals surface area contributed by atoms with Crippen LogP contribution < -0.4 is 15.2 Å². The van der Waals surface area contributed by atoms with E-state index in [1.807, 2.05) is 24.3 Å². The summed E-state index contributed by atoms with van der Waals surface area (Å²) in [5, 5.41) is 1.77. The first-order valence-corrected chi connectivity index (χ1v) is 12.6. The van der Waals surface area contributed by atoms with E-state index in [1.165, 1.54) is 19.2 Å². The lowest BCUT2D eigenvalue weighted by Crippen LogP contribution is -2.16. The average molecular weight is 490 g/mol. The SMILES string of the molecule is COc1cc2ccccc2cc1C(=O)Oc1ccc(-c2ccc(S(C)(=O)=O)cc2)cc1CC(N)=O. The van der Waals surface area contributed by atoms with E-state index in [0.29, 0.717) is 16.9 Å². The van der Waals surface area contributed by atoms with E-state index >= 15 is 0 Å². The van der Waals surface area contributed by atoms with Gasteiger partial charge in [0.1, 0.15) is 17.1 Å². The summed E-state index contributed by atoms with van der Waals surface area (Å²) in [5.74, 6) is -0.660. The zero-order valence-corrected chi connectivity index (χ0v) is 20.0. The molecule has 0 aliphatic rings. The molecule has 0 aliphatic heterocycles. The summed E-state index contributed by atoms with van der Waals surface area (Å²) in [6, 6.07) is 22.4. The summed E-state index contributed by atoms with van der Waals surface area (Å²) >= 11 is 0. The number of hydrogen-bond donors (Lipinski definition) is 1. The maximum atomic E-state index is 13.1. The smallest absolute Gasteiger partial charge is 0.347 e. The second kappa shape index (κ2) is 9.60. The number of nitrogens with two attached hydrogens (primary N) is 1. The molecule has 4 rings (SSSR count). The van der Waals surface area contributed by atoms with Gasteiger partial charge in [-0.2, -0.15) is 0 Å². The monoisotopic (exact) mass is 489 g/mol. The number of esters is 1. The molecule has 7 nitrogen and oxygen atoms in total. The highest BCUT2D eigenvalue weighted by atomic mass is 32.2. The van der Waals surface area contributed by atoms with Gasteiger partial charge in [-0.15, -0.1) is 0 Å². The van der Waals surface area contributed by atoms with Crippen molar-refractivity contribution in [3.8, 4) is 22.6 Å². The predicted molar refractivity (Wildman–Crippen MR) is 133 cm³/mol. The van der Waals surface area contributed by atoms with E-state index in [-0.39, 0.29) is 22.6 Å². The fraction of sp³-hybridized carbons (Fsp3) is 0.111. The first-order valence-electron chi connectivity index (χ1n) is 10.7. The average Bonchev–Trinajstić information content (AvgIpc) is 2.83. The van der Waals surface area contributed by atoms with Crippen molar-refractivity contribution in [2.24, 2.45) is 5.73 Å². The van der Waals surface area contributed by atoms with Gasteiger partial charge in [-0.05, 0) is 58.3 Å². The van der Waals surface area contributed by atoms with Gasteiger partial charge in [0.15, 0.2) is 9.84 Å². The third kappa shape index (κ3) is 5.33. The van der Waals surface area contributed by atoms with E-state index in [4.69, 9.17) is 15.2 Å². The number of hydrogen-bond acceptors (Lipinski definition) is 6. The normalized spacial score (nSPS) is 11.3. The Labute approximate surface area is 203 Å². The van der Waals surface area contributed by atoms with Crippen LogP contribution in [-0.2, 0) is 21.1 Å². The van der Waals surface area contributed by atoms with Crippen molar-refractivity contribution in [2.75, 3.05) is 13.4 Å². The third-order valence-corrected chi connectivity index (χ3v) is 6.66. The van der Waals surface area contributed by atoms with Crippen LogP contribution in [0.1, 0.15) is 15.9 Å². The number of amides is 1. The molecule has 0 atom stereocenters. The molecule has 0 aliphatic carbocycles. The van der Waals surface area contributed by atoms with Crippen LogP contribution in [0.4, 0.5) is 0 Å². The maximum absolute atomic E-state index is 13.1. The Bertz CT molecular complexity index is 1540. The minimum atomic E-state index is -3.32. The van der Waals surface area contributed by atoms with Crippen LogP contribution in [0.25, 0.3) is 21.9 Å². The maximum Gasteiger partial charge on any atom is 0.347 e. The molecule has 4 aromatic rings. The number of ether oxygens (including phenoxy) is 2. The Hall–Kier alpha value is -4.17. The molecular formula is C27H23NO6S. The van der Waals surface area contributed by atoms with Gasteiger partial charge in [0.2, 0.25) is 5.91 Å². The Morgan fingerprint density at radius 1 is 0.829 bits per heavy atom. The Kier molecular flexibility index (Phi) is 6.57. The molecule has 35 heavy (non-hydrogen) atoms. The number of benzene rings is 4. The molecule has 0 heterocycles. The molecule has 2 N–H and O–H groups in total. The number of rotatable bonds is 7. The van der Waals surface area contributed by atoms with Crippen LogP contribution in [0.5, 0.6) is 11.5 Å². The van der Waals surface area contributed by atoms with Gasteiger partial charge in [0, 0.05) is 11.8 Å². The van der Waals surface area contributed by atoms with Crippen molar-refractivity contribution in [1.29, 1.82) is 0 Å². The molecule has 0 saturated heterocycles. The fourth-order valence-electron chi connectivity index (χ4n) is 3.78. The minimum Gasteiger partial charge on any atom is -0.496 e. The minimum absolute atomic E-state index is 0.146. The molecule has 178 valence electrons. The summed E-state index contributed by atoms with van der Waals surface area (Å²) in [6.07, 6.45) is 0.993. The molecule has 0 spiro atoms. The van der Waals surface area contributed by atoms with Crippen LogP contribution in [0.2, 0.25) is 0 Å². The second-order valence-electron chi connectivity index (χ2n) is 8.05. The summed E-state index contributed by atoms with van der Waals surface area (Å²) in [6.45, 7) is 0. The Balaban J connectivity index is 1.69. The van der Waals surface area contributed by atoms with Crippen LogP contribution in [0, 0.1) is 0 Å². The van der Waals surface area contributed by atoms with E-state index in [0.717, 1.165) is 22.6 Å². The first-order chi connectivity index (χ1) is 16.7. The summed E-state index contributed by atoms with van der Waals surface area (Å²) < 4.78 is 34.5. The largest absolute Gasteiger partial charge is 0.496 e. The van der Waals surface area contributed by atoms with Gasteiger partial charge in [-0.3, -0.25) is 4.79 Å². The summed E-state index contributed by atoms with van der Waals surface area (Å²) in [5.41, 5.74) is 7.55. The first kappa shape index (κ1) is 24.0. The number of fused-ring (bicyclic) bond motifs is 1. The Morgan fingerprint density at radius 2 is 1.46 bits per heavy atom. The predicted octanol–water partition coefficient (Wildman–Crippen LogP) is 4.17. The van der Waals surface area contributed by atoms with Crippen LogP contribution in [0.3, 0.4) is 0 Å². The van der Waals surface area contributed by atoms with Crippen molar-refractivity contribution in [3.63, 3.8) is 0 Å². The van der Waals surface area contributed by atoms with Gasteiger partial charge in [-0.25, -0.2) is 13.2 Å². The number of sulfone groups is 1. The zero-order valence-electron chi connectivity index (χ0n) is 19.1. The quantitative estimate of drug-likeness (QED) is 0.308. The summed E-state index contributed by atoms with van der Waals surface area (Å²) in [7, 11) is -1.85. The molecule has 0 unspecified atom stereocenters. The molecule has 0 fully saturated rings. The zero-order chi connectivity index (χ0) is 25.2. The molecule has 4 aromatic carbocycles. The highest BCUT2D eigenvalue weighted by molar-refractivity contribution is 7.90. The van der Waals surface area contributed by atoms with Gasteiger partial charge < -0.3 is 15.2 Å². The van der Waals surface area contributed by atoms with Crippen LogP contribution in [0.15, 0.2) is 83.8 Å². The molecule has 0 aromatic heterocycles. The highest BCUT2D eigenvalue weighted by Crippen LogP contribution is 2.31. The van der Waals surface area contributed by atoms with Crippen molar-refractivity contribution >= 4 is 32.5 Å². The van der Waals surface area contributed by atoms with E-state index in [1.54, 1.807) is 42.5 Å². The van der Waals surface area contributed by atoms with Crippen molar-refractivity contribution < 1.29 is 27.5 Å². The molecule has 0 saturated carbocycles. The molecule has 1 amide bonds. The lowest BCUT2D eigenvalue weighted by molar-refractivity contribution is -0.117. The standard InChI is InChI=1S/C27H23NO6S/c1-33-25-15-19-6-4-3-5-18(19)14-23(25)27(30)34-24-12-9-20(13-21(24)16-26(28)29)17-7-10-22(11-8-17)35(2,31)32/h3-15H,16H2,1-2H3,(H2,28,29). The highest BCUT2D eigenvalue weighted by Gasteiger charge is 2.19. The lowest BCUT2D eigenvalue weighted by atomic mass is 10.0.